The van der Waals surface area contributed by atoms with Crippen LogP contribution >= 0.6 is 11.8 Å². The number of nitrogens with zero attached hydrogens (tertiary/aromatic N) is 2. The van der Waals surface area contributed by atoms with Crippen molar-refractivity contribution in [3.8, 4) is 5.75 Å². The molecule has 0 saturated carbocycles. The summed E-state index contributed by atoms with van der Waals surface area (Å²) < 4.78 is 5.14. The first-order chi connectivity index (χ1) is 16.1. The van der Waals surface area contributed by atoms with Gasteiger partial charge in [-0.1, -0.05) is 60.3 Å². The number of methoxy groups -OCH3 is 1. The number of benzene rings is 3. The zero-order valence-corrected chi connectivity index (χ0v) is 19.1. The van der Waals surface area contributed by atoms with Crippen molar-refractivity contribution in [2.75, 3.05) is 19.0 Å². The van der Waals surface area contributed by atoms with Crippen LogP contribution in [-0.2, 0) is 16.0 Å². The standard InChI is InChI=1S/C26H25N3O3S/c1-32-22-14-12-21(13-15-22)27-24(30)18-23-25(31)29(17-16-19-8-4-2-5-9-19)26(33-23)28-20-10-6-3-7-11-20/h2-15,23H,16-18H2,1H3,(H,27,30)/t23-/m0/s1. The molecule has 0 radical (unpaired) electrons. The summed E-state index contributed by atoms with van der Waals surface area (Å²) in [5, 5.41) is 2.98. The van der Waals surface area contributed by atoms with Crippen molar-refractivity contribution in [1.82, 2.24) is 4.90 Å². The van der Waals surface area contributed by atoms with Crippen LogP contribution in [0.15, 0.2) is 89.9 Å². The van der Waals surface area contributed by atoms with Gasteiger partial charge in [-0.05, 0) is 48.4 Å². The van der Waals surface area contributed by atoms with Gasteiger partial charge in [-0.25, -0.2) is 4.99 Å². The SMILES string of the molecule is COc1ccc(NC(=O)C[C@@H]2SC(=Nc3ccccc3)N(CCc3ccccc3)C2=O)cc1. The van der Waals surface area contributed by atoms with E-state index in [4.69, 9.17) is 9.73 Å². The molecule has 0 bridgehead atoms. The van der Waals surface area contributed by atoms with Crippen LogP contribution in [0.25, 0.3) is 0 Å². The molecular formula is C26H25N3O3S. The maximum Gasteiger partial charge on any atom is 0.242 e. The predicted molar refractivity (Wildman–Crippen MR) is 133 cm³/mol. The number of ether oxygens (including phenoxy) is 1. The molecule has 1 aliphatic rings. The van der Waals surface area contributed by atoms with Crippen LogP contribution in [-0.4, -0.2) is 40.8 Å². The highest BCUT2D eigenvalue weighted by atomic mass is 32.2. The number of amidine groups is 1. The Morgan fingerprint density at radius 3 is 2.33 bits per heavy atom. The minimum absolute atomic E-state index is 0.0746. The maximum absolute atomic E-state index is 13.2. The molecule has 1 atom stereocenters. The number of rotatable bonds is 8. The van der Waals surface area contributed by atoms with E-state index in [0.717, 1.165) is 11.3 Å². The lowest BCUT2D eigenvalue weighted by atomic mass is 10.1. The maximum atomic E-state index is 13.2. The third-order valence-electron chi connectivity index (χ3n) is 5.21. The van der Waals surface area contributed by atoms with Gasteiger partial charge in [0.25, 0.3) is 0 Å². The highest BCUT2D eigenvalue weighted by Gasteiger charge is 2.39. The van der Waals surface area contributed by atoms with Crippen LogP contribution in [0.2, 0.25) is 0 Å². The fourth-order valence-corrected chi connectivity index (χ4v) is 4.67. The molecule has 1 N–H and O–H groups in total. The number of para-hydroxylation sites is 1. The summed E-state index contributed by atoms with van der Waals surface area (Å²) in [6.45, 7) is 0.512. The molecule has 1 aliphatic heterocycles. The molecule has 3 aromatic carbocycles. The largest absolute Gasteiger partial charge is 0.497 e. The number of anilines is 1. The molecule has 0 aliphatic carbocycles. The van der Waals surface area contributed by atoms with Crippen molar-refractivity contribution in [2.45, 2.75) is 18.1 Å². The smallest absolute Gasteiger partial charge is 0.242 e. The molecule has 1 heterocycles. The van der Waals surface area contributed by atoms with Gasteiger partial charge in [-0.15, -0.1) is 0 Å². The van der Waals surface area contributed by atoms with Crippen molar-refractivity contribution >= 4 is 40.1 Å². The normalized spacial score (nSPS) is 16.8. The van der Waals surface area contributed by atoms with Gasteiger partial charge in [0.15, 0.2) is 5.17 Å². The molecular weight excluding hydrogens is 434 g/mol. The van der Waals surface area contributed by atoms with Gasteiger partial charge in [0.2, 0.25) is 11.8 Å². The lowest BCUT2D eigenvalue weighted by molar-refractivity contribution is -0.128. The Labute approximate surface area is 197 Å². The van der Waals surface area contributed by atoms with Gasteiger partial charge in [0.05, 0.1) is 12.8 Å². The summed E-state index contributed by atoms with van der Waals surface area (Å²) in [6.07, 6.45) is 0.789. The van der Waals surface area contributed by atoms with Crippen molar-refractivity contribution in [3.05, 3.63) is 90.5 Å². The Hall–Kier alpha value is -3.58. The monoisotopic (exact) mass is 459 g/mol. The summed E-state index contributed by atoms with van der Waals surface area (Å²) in [7, 11) is 1.59. The second kappa shape index (κ2) is 10.8. The summed E-state index contributed by atoms with van der Waals surface area (Å²) in [5.74, 6) is 0.413. The highest BCUT2D eigenvalue weighted by Crippen LogP contribution is 2.32. The summed E-state index contributed by atoms with van der Waals surface area (Å²) in [6, 6.07) is 26.7. The molecule has 3 aromatic rings. The molecule has 168 valence electrons. The van der Waals surface area contributed by atoms with Gasteiger partial charge in [0.1, 0.15) is 11.0 Å². The van der Waals surface area contributed by atoms with Gasteiger partial charge in [-0.3, -0.25) is 14.5 Å². The fourth-order valence-electron chi connectivity index (χ4n) is 3.48. The zero-order valence-electron chi connectivity index (χ0n) is 18.3. The van der Waals surface area contributed by atoms with E-state index in [1.807, 2.05) is 60.7 Å². The number of thioether (sulfide) groups is 1. The summed E-state index contributed by atoms with van der Waals surface area (Å²) in [5.41, 5.74) is 2.59. The molecule has 7 heteroatoms. The molecule has 0 spiro atoms. The predicted octanol–water partition coefficient (Wildman–Crippen LogP) is 4.90. The van der Waals surface area contributed by atoms with Gasteiger partial charge in [0, 0.05) is 18.7 Å². The minimum Gasteiger partial charge on any atom is -0.497 e. The van der Waals surface area contributed by atoms with Crippen LogP contribution in [0.3, 0.4) is 0 Å². The van der Waals surface area contributed by atoms with Crippen LogP contribution in [0.5, 0.6) is 5.75 Å². The average molecular weight is 460 g/mol. The highest BCUT2D eigenvalue weighted by molar-refractivity contribution is 8.15. The quantitative estimate of drug-likeness (QED) is 0.520. The van der Waals surface area contributed by atoms with E-state index in [1.165, 1.54) is 11.8 Å². The van der Waals surface area contributed by atoms with E-state index in [-0.39, 0.29) is 18.2 Å². The lowest BCUT2D eigenvalue weighted by Gasteiger charge is -2.16. The molecule has 4 rings (SSSR count). The lowest BCUT2D eigenvalue weighted by Crippen LogP contribution is -2.35. The molecule has 33 heavy (non-hydrogen) atoms. The zero-order chi connectivity index (χ0) is 23.0. The van der Waals surface area contributed by atoms with E-state index in [2.05, 4.69) is 5.32 Å². The Bertz CT molecular complexity index is 1120. The van der Waals surface area contributed by atoms with E-state index in [1.54, 1.807) is 36.3 Å². The third-order valence-corrected chi connectivity index (χ3v) is 6.39. The topological polar surface area (TPSA) is 71.0 Å². The number of aliphatic imine (C=N–C) groups is 1. The third kappa shape index (κ3) is 6.02. The molecule has 2 amide bonds. The Morgan fingerprint density at radius 1 is 1.00 bits per heavy atom. The van der Waals surface area contributed by atoms with Crippen LogP contribution in [0.4, 0.5) is 11.4 Å². The average Bonchev–Trinajstić information content (AvgIpc) is 3.13. The second-order valence-electron chi connectivity index (χ2n) is 7.54. The first kappa shape index (κ1) is 22.6. The number of carbonyl (C=O) groups is 2. The van der Waals surface area contributed by atoms with E-state index in [9.17, 15) is 9.59 Å². The van der Waals surface area contributed by atoms with Crippen LogP contribution in [0.1, 0.15) is 12.0 Å². The molecule has 0 unspecified atom stereocenters. The minimum atomic E-state index is -0.513. The first-order valence-electron chi connectivity index (χ1n) is 10.7. The van der Waals surface area contributed by atoms with E-state index in [0.29, 0.717) is 29.6 Å². The first-order valence-corrected chi connectivity index (χ1v) is 11.6. The summed E-state index contributed by atoms with van der Waals surface area (Å²) >= 11 is 1.35. The van der Waals surface area contributed by atoms with Crippen LogP contribution < -0.4 is 10.1 Å². The number of hydrogen-bond acceptors (Lipinski definition) is 5. The van der Waals surface area contributed by atoms with Crippen molar-refractivity contribution < 1.29 is 14.3 Å². The fraction of sp³-hybridized carbons (Fsp3) is 0.192. The molecule has 6 nitrogen and oxygen atoms in total. The van der Waals surface area contributed by atoms with Crippen molar-refractivity contribution in [1.29, 1.82) is 0 Å². The number of amides is 2. The Kier molecular flexibility index (Phi) is 7.42. The number of nitrogens with one attached hydrogen (secondary N) is 1. The molecule has 1 saturated heterocycles. The van der Waals surface area contributed by atoms with Gasteiger partial charge < -0.3 is 10.1 Å². The summed E-state index contributed by atoms with van der Waals surface area (Å²) in [4.78, 5) is 32.3. The Morgan fingerprint density at radius 2 is 1.67 bits per heavy atom. The van der Waals surface area contributed by atoms with Crippen molar-refractivity contribution in [2.24, 2.45) is 4.99 Å². The molecule has 1 fully saturated rings. The number of carbonyl (C=O) groups excluding carboxylic acids is 2. The Balaban J connectivity index is 1.46. The van der Waals surface area contributed by atoms with Crippen LogP contribution in [0, 0.1) is 0 Å². The van der Waals surface area contributed by atoms with E-state index >= 15 is 0 Å². The molecule has 0 aromatic heterocycles. The second-order valence-corrected chi connectivity index (χ2v) is 8.71. The van der Waals surface area contributed by atoms with E-state index < -0.39 is 5.25 Å². The van der Waals surface area contributed by atoms with Gasteiger partial charge >= 0.3 is 0 Å². The van der Waals surface area contributed by atoms with Crippen molar-refractivity contribution in [3.63, 3.8) is 0 Å². The van der Waals surface area contributed by atoms with Gasteiger partial charge in [-0.2, -0.15) is 0 Å². The number of hydrogen-bond donors (Lipinski definition) is 1.